The summed E-state index contributed by atoms with van der Waals surface area (Å²) >= 11 is 0. The van der Waals surface area contributed by atoms with E-state index in [1.165, 1.54) is 6.92 Å². The zero-order valence-corrected chi connectivity index (χ0v) is 8.79. The van der Waals surface area contributed by atoms with Crippen molar-refractivity contribution in [2.75, 3.05) is 20.8 Å². The second-order valence-electron chi connectivity index (χ2n) is 2.89. The molecular weight excluding hydrogens is 170 g/mol. The number of rotatable bonds is 6. The number of amides is 1. The molecule has 0 bridgehead atoms. The molecule has 0 radical (unpaired) electrons. The van der Waals surface area contributed by atoms with Crippen molar-refractivity contribution < 1.29 is 14.3 Å². The molecule has 0 aliphatic rings. The standard InChI is InChI=1S/C9H19NO3/c1-5-8(12-3)9(13-4)6-10-7(2)11/h8-9H,5-6H2,1-4H3,(H,10,11). The van der Waals surface area contributed by atoms with Gasteiger partial charge in [-0.25, -0.2) is 0 Å². The van der Waals surface area contributed by atoms with Crippen LogP contribution in [0.5, 0.6) is 0 Å². The Hall–Kier alpha value is -0.610. The van der Waals surface area contributed by atoms with Gasteiger partial charge >= 0.3 is 0 Å². The van der Waals surface area contributed by atoms with Crippen LogP contribution in [-0.4, -0.2) is 38.9 Å². The zero-order chi connectivity index (χ0) is 10.3. The Balaban J connectivity index is 3.92. The number of carbonyl (C=O) groups excluding carboxylic acids is 1. The van der Waals surface area contributed by atoms with Gasteiger partial charge < -0.3 is 14.8 Å². The molecule has 0 saturated carbocycles. The van der Waals surface area contributed by atoms with E-state index >= 15 is 0 Å². The highest BCUT2D eigenvalue weighted by atomic mass is 16.5. The van der Waals surface area contributed by atoms with Crippen molar-refractivity contribution in [2.24, 2.45) is 0 Å². The van der Waals surface area contributed by atoms with E-state index in [4.69, 9.17) is 9.47 Å². The molecule has 0 spiro atoms. The van der Waals surface area contributed by atoms with Crippen molar-refractivity contribution >= 4 is 5.91 Å². The molecule has 0 saturated heterocycles. The summed E-state index contributed by atoms with van der Waals surface area (Å²) in [5.41, 5.74) is 0. The number of methoxy groups -OCH3 is 2. The van der Waals surface area contributed by atoms with Crippen molar-refractivity contribution in [3.8, 4) is 0 Å². The number of hydrogen-bond donors (Lipinski definition) is 1. The fourth-order valence-corrected chi connectivity index (χ4v) is 1.19. The normalized spacial score (nSPS) is 15.1. The van der Waals surface area contributed by atoms with Gasteiger partial charge in [0.05, 0.1) is 6.10 Å². The lowest BCUT2D eigenvalue weighted by atomic mass is 10.1. The molecule has 0 rings (SSSR count). The van der Waals surface area contributed by atoms with Crippen molar-refractivity contribution in [1.29, 1.82) is 0 Å². The molecule has 4 heteroatoms. The molecule has 78 valence electrons. The summed E-state index contributed by atoms with van der Waals surface area (Å²) < 4.78 is 10.4. The first-order chi connectivity index (χ1) is 6.15. The quantitative estimate of drug-likeness (QED) is 0.664. The van der Waals surface area contributed by atoms with Crippen LogP contribution >= 0.6 is 0 Å². The summed E-state index contributed by atoms with van der Waals surface area (Å²) in [4.78, 5) is 10.7. The highest BCUT2D eigenvalue weighted by Crippen LogP contribution is 2.05. The van der Waals surface area contributed by atoms with Crippen LogP contribution in [0.2, 0.25) is 0 Å². The Morgan fingerprint density at radius 1 is 1.31 bits per heavy atom. The molecule has 0 fully saturated rings. The highest BCUT2D eigenvalue weighted by Gasteiger charge is 2.18. The Morgan fingerprint density at radius 3 is 2.15 bits per heavy atom. The van der Waals surface area contributed by atoms with Crippen molar-refractivity contribution in [1.82, 2.24) is 5.32 Å². The Morgan fingerprint density at radius 2 is 1.85 bits per heavy atom. The number of ether oxygens (including phenoxy) is 2. The molecule has 2 unspecified atom stereocenters. The van der Waals surface area contributed by atoms with E-state index in [9.17, 15) is 4.79 Å². The Kier molecular flexibility index (Phi) is 6.54. The van der Waals surface area contributed by atoms with Gasteiger partial charge in [-0.15, -0.1) is 0 Å². The average Bonchev–Trinajstić information content (AvgIpc) is 2.11. The van der Waals surface area contributed by atoms with E-state index in [1.54, 1.807) is 14.2 Å². The monoisotopic (exact) mass is 189 g/mol. The minimum atomic E-state index is -0.0705. The van der Waals surface area contributed by atoms with E-state index in [0.717, 1.165) is 6.42 Å². The average molecular weight is 189 g/mol. The van der Waals surface area contributed by atoms with Crippen LogP contribution < -0.4 is 5.32 Å². The molecule has 4 nitrogen and oxygen atoms in total. The molecule has 1 N–H and O–H groups in total. The molecule has 0 aliphatic carbocycles. The van der Waals surface area contributed by atoms with Gasteiger partial charge in [0.2, 0.25) is 5.91 Å². The Labute approximate surface area is 79.6 Å². The molecule has 0 aromatic heterocycles. The number of hydrogen-bond acceptors (Lipinski definition) is 3. The molecule has 0 aromatic carbocycles. The summed E-state index contributed by atoms with van der Waals surface area (Å²) in [6, 6.07) is 0. The van der Waals surface area contributed by atoms with Crippen LogP contribution in [-0.2, 0) is 14.3 Å². The first kappa shape index (κ1) is 12.4. The molecule has 0 aromatic rings. The topological polar surface area (TPSA) is 47.6 Å². The van der Waals surface area contributed by atoms with Gasteiger partial charge in [-0.1, -0.05) is 6.92 Å². The van der Waals surface area contributed by atoms with Crippen LogP contribution in [0.4, 0.5) is 0 Å². The summed E-state index contributed by atoms with van der Waals surface area (Å²) in [7, 11) is 3.27. The molecule has 1 amide bonds. The van der Waals surface area contributed by atoms with Crippen LogP contribution in [0.15, 0.2) is 0 Å². The van der Waals surface area contributed by atoms with Gasteiger partial charge in [-0.3, -0.25) is 4.79 Å². The number of carbonyl (C=O) groups is 1. The van der Waals surface area contributed by atoms with E-state index in [1.807, 2.05) is 6.92 Å². The molecular formula is C9H19NO3. The third kappa shape index (κ3) is 4.85. The molecule has 0 heterocycles. The van der Waals surface area contributed by atoms with E-state index in [2.05, 4.69) is 5.32 Å². The second-order valence-corrected chi connectivity index (χ2v) is 2.89. The number of nitrogens with one attached hydrogen (secondary N) is 1. The SMILES string of the molecule is CCC(OC)C(CNC(C)=O)OC. The summed E-state index contributed by atoms with van der Waals surface area (Å²) in [5, 5.41) is 2.70. The third-order valence-electron chi connectivity index (χ3n) is 1.97. The molecule has 0 aliphatic heterocycles. The predicted octanol–water partition coefficient (Wildman–Crippen LogP) is 0.562. The second kappa shape index (κ2) is 6.86. The zero-order valence-electron chi connectivity index (χ0n) is 8.79. The lowest BCUT2D eigenvalue weighted by Crippen LogP contribution is -2.40. The predicted molar refractivity (Wildman–Crippen MR) is 50.6 cm³/mol. The Bertz CT molecular complexity index is 146. The summed E-state index contributed by atoms with van der Waals surface area (Å²) in [6.45, 7) is 4.01. The summed E-state index contributed by atoms with van der Waals surface area (Å²) in [5.74, 6) is -0.0481. The largest absolute Gasteiger partial charge is 0.379 e. The van der Waals surface area contributed by atoms with Crippen LogP contribution in [0.25, 0.3) is 0 Å². The summed E-state index contributed by atoms with van der Waals surface area (Å²) in [6.07, 6.45) is 0.838. The first-order valence-electron chi connectivity index (χ1n) is 4.45. The van der Waals surface area contributed by atoms with E-state index in [0.29, 0.717) is 6.54 Å². The fraction of sp³-hybridized carbons (Fsp3) is 0.889. The fourth-order valence-electron chi connectivity index (χ4n) is 1.19. The molecule has 2 atom stereocenters. The van der Waals surface area contributed by atoms with Gasteiger partial charge in [0.15, 0.2) is 0 Å². The van der Waals surface area contributed by atoms with Crippen LogP contribution in [0.3, 0.4) is 0 Å². The maximum absolute atomic E-state index is 10.7. The smallest absolute Gasteiger partial charge is 0.216 e. The van der Waals surface area contributed by atoms with Gasteiger partial charge in [0, 0.05) is 27.7 Å². The minimum absolute atomic E-state index is 0.0387. The van der Waals surface area contributed by atoms with Crippen molar-refractivity contribution in [2.45, 2.75) is 32.5 Å². The van der Waals surface area contributed by atoms with Gasteiger partial charge in [-0.2, -0.15) is 0 Å². The van der Waals surface area contributed by atoms with E-state index in [-0.39, 0.29) is 18.1 Å². The van der Waals surface area contributed by atoms with E-state index < -0.39 is 0 Å². The van der Waals surface area contributed by atoms with Crippen molar-refractivity contribution in [3.63, 3.8) is 0 Å². The van der Waals surface area contributed by atoms with Crippen molar-refractivity contribution in [3.05, 3.63) is 0 Å². The lowest BCUT2D eigenvalue weighted by Gasteiger charge is -2.23. The van der Waals surface area contributed by atoms with Gasteiger partial charge in [0.25, 0.3) is 0 Å². The maximum atomic E-state index is 10.7. The minimum Gasteiger partial charge on any atom is -0.379 e. The lowest BCUT2D eigenvalue weighted by molar-refractivity contribution is -0.120. The van der Waals surface area contributed by atoms with Crippen LogP contribution in [0, 0.1) is 0 Å². The van der Waals surface area contributed by atoms with Gasteiger partial charge in [-0.05, 0) is 6.42 Å². The van der Waals surface area contributed by atoms with Gasteiger partial charge in [0.1, 0.15) is 6.10 Å². The van der Waals surface area contributed by atoms with Crippen LogP contribution in [0.1, 0.15) is 20.3 Å². The third-order valence-corrected chi connectivity index (χ3v) is 1.97. The highest BCUT2D eigenvalue weighted by molar-refractivity contribution is 5.72. The molecule has 13 heavy (non-hydrogen) atoms. The maximum Gasteiger partial charge on any atom is 0.216 e. The first-order valence-corrected chi connectivity index (χ1v) is 4.45.